The van der Waals surface area contributed by atoms with Crippen molar-refractivity contribution in [2.24, 2.45) is 0 Å². The van der Waals surface area contributed by atoms with E-state index in [9.17, 15) is 18.0 Å². The lowest BCUT2D eigenvalue weighted by atomic mass is 10.2. The second kappa shape index (κ2) is 5.67. The SMILES string of the molecule is Cc1cc(C(=O)O)cnc1OCCOC(F)(F)F. The van der Waals surface area contributed by atoms with Crippen LogP contribution in [0.15, 0.2) is 12.3 Å². The molecule has 1 rings (SSSR count). The second-order valence-corrected chi connectivity index (χ2v) is 3.29. The van der Waals surface area contributed by atoms with Crippen molar-refractivity contribution in [2.75, 3.05) is 13.2 Å². The Morgan fingerprint density at radius 1 is 1.44 bits per heavy atom. The number of alkyl halides is 3. The molecule has 0 fully saturated rings. The van der Waals surface area contributed by atoms with Gasteiger partial charge in [-0.3, -0.25) is 4.74 Å². The molecule has 1 aromatic rings. The van der Waals surface area contributed by atoms with Crippen LogP contribution in [0.3, 0.4) is 0 Å². The molecule has 0 spiro atoms. The molecule has 0 saturated carbocycles. The van der Waals surface area contributed by atoms with Crippen LogP contribution in [0, 0.1) is 6.92 Å². The molecule has 100 valence electrons. The zero-order valence-corrected chi connectivity index (χ0v) is 9.32. The van der Waals surface area contributed by atoms with E-state index in [1.165, 1.54) is 6.07 Å². The Morgan fingerprint density at radius 3 is 2.61 bits per heavy atom. The quantitative estimate of drug-likeness (QED) is 0.825. The van der Waals surface area contributed by atoms with Gasteiger partial charge in [0.05, 0.1) is 12.2 Å². The third kappa shape index (κ3) is 4.58. The number of rotatable bonds is 5. The van der Waals surface area contributed by atoms with Gasteiger partial charge in [-0.25, -0.2) is 9.78 Å². The number of ether oxygens (including phenoxy) is 2. The molecule has 0 saturated heterocycles. The highest BCUT2D eigenvalue weighted by Crippen LogP contribution is 2.17. The Labute approximate surface area is 100 Å². The first-order valence-corrected chi connectivity index (χ1v) is 4.83. The topological polar surface area (TPSA) is 68.7 Å². The number of hydrogen-bond donors (Lipinski definition) is 1. The molecule has 0 amide bonds. The number of pyridine rings is 1. The first-order chi connectivity index (χ1) is 8.29. The van der Waals surface area contributed by atoms with Crippen LogP contribution in [0.2, 0.25) is 0 Å². The maximum atomic E-state index is 11.6. The Hall–Kier alpha value is -1.83. The van der Waals surface area contributed by atoms with Crippen molar-refractivity contribution in [2.45, 2.75) is 13.3 Å². The van der Waals surface area contributed by atoms with Gasteiger partial charge in [-0.2, -0.15) is 0 Å². The van der Waals surface area contributed by atoms with Crippen LogP contribution in [0.25, 0.3) is 0 Å². The number of aromatic carboxylic acids is 1. The highest BCUT2D eigenvalue weighted by Gasteiger charge is 2.28. The summed E-state index contributed by atoms with van der Waals surface area (Å²) >= 11 is 0. The van der Waals surface area contributed by atoms with E-state index < -0.39 is 18.9 Å². The summed E-state index contributed by atoms with van der Waals surface area (Å²) in [5.74, 6) is -1.07. The summed E-state index contributed by atoms with van der Waals surface area (Å²) in [7, 11) is 0. The molecule has 18 heavy (non-hydrogen) atoms. The molecule has 0 aliphatic heterocycles. The smallest absolute Gasteiger partial charge is 0.478 e. The lowest BCUT2D eigenvalue weighted by molar-refractivity contribution is -0.325. The maximum absolute atomic E-state index is 11.6. The van der Waals surface area contributed by atoms with Crippen LogP contribution in [0.1, 0.15) is 15.9 Å². The average Bonchev–Trinajstić information content (AvgIpc) is 2.24. The molecular weight excluding hydrogens is 255 g/mol. The summed E-state index contributed by atoms with van der Waals surface area (Å²) < 4.78 is 43.4. The van der Waals surface area contributed by atoms with Crippen LogP contribution < -0.4 is 4.74 Å². The summed E-state index contributed by atoms with van der Waals surface area (Å²) in [6.45, 7) is 0.546. The van der Waals surface area contributed by atoms with Gasteiger partial charge in [0.25, 0.3) is 0 Å². The third-order valence-electron chi connectivity index (χ3n) is 1.87. The van der Waals surface area contributed by atoms with Crippen molar-refractivity contribution >= 4 is 5.97 Å². The molecule has 5 nitrogen and oxygen atoms in total. The molecule has 1 heterocycles. The fourth-order valence-electron chi connectivity index (χ4n) is 1.13. The molecule has 0 aromatic carbocycles. The minimum Gasteiger partial charge on any atom is -0.478 e. The van der Waals surface area contributed by atoms with Crippen molar-refractivity contribution in [3.8, 4) is 5.88 Å². The fraction of sp³-hybridized carbons (Fsp3) is 0.400. The maximum Gasteiger partial charge on any atom is 0.522 e. The van der Waals surface area contributed by atoms with Gasteiger partial charge in [-0.1, -0.05) is 0 Å². The summed E-state index contributed by atoms with van der Waals surface area (Å²) in [5.41, 5.74) is 0.397. The van der Waals surface area contributed by atoms with Gasteiger partial charge >= 0.3 is 12.3 Å². The monoisotopic (exact) mass is 265 g/mol. The van der Waals surface area contributed by atoms with Gasteiger partial charge in [0, 0.05) is 11.8 Å². The number of carboxylic acids is 1. The Balaban J connectivity index is 2.51. The van der Waals surface area contributed by atoms with Crippen molar-refractivity contribution in [3.63, 3.8) is 0 Å². The van der Waals surface area contributed by atoms with Crippen molar-refractivity contribution in [1.29, 1.82) is 0 Å². The average molecular weight is 265 g/mol. The number of carbonyl (C=O) groups is 1. The van der Waals surface area contributed by atoms with E-state index in [4.69, 9.17) is 9.84 Å². The van der Waals surface area contributed by atoms with E-state index in [0.29, 0.717) is 5.56 Å². The lowest BCUT2D eigenvalue weighted by Crippen LogP contribution is -2.18. The largest absolute Gasteiger partial charge is 0.522 e. The molecular formula is C10H10F3NO4. The van der Waals surface area contributed by atoms with Gasteiger partial charge in [-0.15, -0.1) is 13.2 Å². The highest BCUT2D eigenvalue weighted by molar-refractivity contribution is 5.87. The van der Waals surface area contributed by atoms with Gasteiger partial charge in [0.1, 0.15) is 6.61 Å². The number of aryl methyl sites for hydroxylation is 1. The standard InChI is InChI=1S/C10H10F3NO4/c1-6-4-7(9(15)16)5-14-8(6)17-2-3-18-10(11,12)13/h4-5H,2-3H2,1H3,(H,15,16). The number of nitrogens with zero attached hydrogens (tertiary/aromatic N) is 1. The molecule has 0 aliphatic carbocycles. The predicted octanol–water partition coefficient (Wildman–Crippen LogP) is 2.00. The van der Waals surface area contributed by atoms with Crippen LogP contribution in [0.5, 0.6) is 5.88 Å². The van der Waals surface area contributed by atoms with Gasteiger partial charge in [0.15, 0.2) is 0 Å². The summed E-state index contributed by atoms with van der Waals surface area (Å²) in [6, 6.07) is 1.31. The molecule has 1 aromatic heterocycles. The van der Waals surface area contributed by atoms with E-state index in [1.54, 1.807) is 6.92 Å². The van der Waals surface area contributed by atoms with Crippen molar-refractivity contribution in [1.82, 2.24) is 4.98 Å². The van der Waals surface area contributed by atoms with Crippen molar-refractivity contribution < 1.29 is 32.5 Å². The number of hydrogen-bond acceptors (Lipinski definition) is 4. The Kier molecular flexibility index (Phi) is 4.49. The number of aromatic nitrogens is 1. The molecule has 0 atom stereocenters. The van der Waals surface area contributed by atoms with E-state index in [-0.39, 0.29) is 18.1 Å². The van der Waals surface area contributed by atoms with Crippen LogP contribution in [-0.4, -0.2) is 35.6 Å². The second-order valence-electron chi connectivity index (χ2n) is 3.29. The zero-order chi connectivity index (χ0) is 13.8. The minimum atomic E-state index is -4.70. The van der Waals surface area contributed by atoms with Gasteiger partial charge in [-0.05, 0) is 13.0 Å². The molecule has 0 unspecified atom stereocenters. The van der Waals surface area contributed by atoms with E-state index >= 15 is 0 Å². The molecule has 1 N–H and O–H groups in total. The molecule has 0 bridgehead atoms. The summed E-state index contributed by atoms with van der Waals surface area (Å²) in [4.78, 5) is 14.3. The third-order valence-corrected chi connectivity index (χ3v) is 1.87. The fourth-order valence-corrected chi connectivity index (χ4v) is 1.13. The van der Waals surface area contributed by atoms with E-state index in [2.05, 4.69) is 9.72 Å². The summed E-state index contributed by atoms with van der Waals surface area (Å²) in [6.07, 6.45) is -3.63. The lowest BCUT2D eigenvalue weighted by Gasteiger charge is -2.10. The summed E-state index contributed by atoms with van der Waals surface area (Å²) in [5, 5.41) is 8.68. The Bertz CT molecular complexity index is 434. The van der Waals surface area contributed by atoms with Crippen LogP contribution >= 0.6 is 0 Å². The van der Waals surface area contributed by atoms with Gasteiger partial charge < -0.3 is 9.84 Å². The van der Waals surface area contributed by atoms with Crippen LogP contribution in [-0.2, 0) is 4.74 Å². The highest BCUT2D eigenvalue weighted by atomic mass is 19.4. The van der Waals surface area contributed by atoms with E-state index in [0.717, 1.165) is 6.20 Å². The van der Waals surface area contributed by atoms with E-state index in [1.807, 2.05) is 0 Å². The normalized spacial score (nSPS) is 11.3. The van der Waals surface area contributed by atoms with Crippen LogP contribution in [0.4, 0.5) is 13.2 Å². The Morgan fingerprint density at radius 2 is 2.11 bits per heavy atom. The van der Waals surface area contributed by atoms with Crippen molar-refractivity contribution in [3.05, 3.63) is 23.4 Å². The minimum absolute atomic E-state index is 0.0219. The number of halogens is 3. The predicted molar refractivity (Wildman–Crippen MR) is 53.4 cm³/mol. The van der Waals surface area contributed by atoms with Gasteiger partial charge in [0.2, 0.25) is 5.88 Å². The molecule has 0 aliphatic rings. The molecule has 8 heteroatoms. The first-order valence-electron chi connectivity index (χ1n) is 4.83. The zero-order valence-electron chi connectivity index (χ0n) is 9.32. The molecule has 0 radical (unpaired) electrons. The first kappa shape index (κ1) is 14.2. The number of carboxylic acid groups (broad SMARTS) is 1.